The predicted octanol–water partition coefficient (Wildman–Crippen LogP) is 1.28. The van der Waals surface area contributed by atoms with E-state index in [0.29, 0.717) is 39.1 Å². The van der Waals surface area contributed by atoms with Gasteiger partial charge < -0.3 is 19.9 Å². The molecule has 11 heteroatoms. The van der Waals surface area contributed by atoms with Crippen LogP contribution in [0.3, 0.4) is 0 Å². The van der Waals surface area contributed by atoms with Crippen molar-refractivity contribution in [2.24, 2.45) is 0 Å². The van der Waals surface area contributed by atoms with Crippen molar-refractivity contribution in [2.45, 2.75) is 30.9 Å². The maximum atomic E-state index is 13.8. The molecule has 0 saturated carbocycles. The molecule has 2 aromatic carbocycles. The third-order valence-corrected chi connectivity index (χ3v) is 9.74. The Kier molecular flexibility index (Phi) is 8.98. The highest BCUT2D eigenvalue weighted by molar-refractivity contribution is 7.92. The van der Waals surface area contributed by atoms with E-state index in [-0.39, 0.29) is 30.4 Å². The maximum absolute atomic E-state index is 13.8. The van der Waals surface area contributed by atoms with Crippen molar-refractivity contribution in [3.8, 4) is 0 Å². The maximum Gasteiger partial charge on any atom is 0.247 e. The zero-order valence-electron chi connectivity index (χ0n) is 24.0. The molecule has 1 atom stereocenters. The summed E-state index contributed by atoms with van der Waals surface area (Å²) in [5.74, 6) is -0.343. The number of hydrogen-bond acceptors (Lipinski definition) is 7. The summed E-state index contributed by atoms with van der Waals surface area (Å²) in [7, 11) is -1.34. The molecular formula is C30H41N5O5S. The molecule has 0 radical (unpaired) electrons. The first kappa shape index (κ1) is 29.5. The van der Waals surface area contributed by atoms with Crippen molar-refractivity contribution >= 4 is 27.5 Å². The smallest absolute Gasteiger partial charge is 0.247 e. The number of ether oxygens (including phenoxy) is 1. The van der Waals surface area contributed by atoms with Crippen LogP contribution in [-0.4, -0.2) is 113 Å². The monoisotopic (exact) mass is 583 g/mol. The van der Waals surface area contributed by atoms with Crippen LogP contribution in [0.2, 0.25) is 0 Å². The predicted molar refractivity (Wildman–Crippen MR) is 158 cm³/mol. The molecule has 222 valence electrons. The van der Waals surface area contributed by atoms with Crippen molar-refractivity contribution in [2.75, 3.05) is 76.6 Å². The highest BCUT2D eigenvalue weighted by Crippen LogP contribution is 2.47. The number of hydrogen-bond donors (Lipinski definition) is 1. The third-order valence-electron chi connectivity index (χ3n) is 8.62. The number of piperazine rings is 1. The molecule has 0 unspecified atom stereocenters. The molecule has 1 N–H and O–H groups in total. The van der Waals surface area contributed by atoms with Crippen LogP contribution >= 0.6 is 0 Å². The SMILES string of the molecule is CN1CCN(CC(=O)N[C@H](COCc2ccccc2)C(=O)N2CCC3(CC2)CN(S(C)(=O)=O)c2ccccc23)CC1. The Morgan fingerprint density at radius 3 is 2.29 bits per heavy atom. The van der Waals surface area contributed by atoms with Crippen molar-refractivity contribution in [1.29, 1.82) is 0 Å². The van der Waals surface area contributed by atoms with E-state index in [9.17, 15) is 18.0 Å². The summed E-state index contributed by atoms with van der Waals surface area (Å²) in [4.78, 5) is 33.0. The molecule has 2 saturated heterocycles. The summed E-state index contributed by atoms with van der Waals surface area (Å²) in [6.07, 6.45) is 2.54. The van der Waals surface area contributed by atoms with E-state index in [1.807, 2.05) is 54.6 Å². The molecule has 0 aromatic heterocycles. The number of carbonyl (C=O) groups excluding carboxylic acids is 2. The first-order valence-corrected chi connectivity index (χ1v) is 16.2. The Hall–Kier alpha value is -2.99. The van der Waals surface area contributed by atoms with Crippen LogP contribution in [0.5, 0.6) is 0 Å². The molecule has 1 spiro atoms. The van der Waals surface area contributed by atoms with Crippen LogP contribution in [0.1, 0.15) is 24.0 Å². The van der Waals surface area contributed by atoms with E-state index in [2.05, 4.69) is 22.2 Å². The van der Waals surface area contributed by atoms with Gasteiger partial charge in [0.05, 0.1) is 31.7 Å². The van der Waals surface area contributed by atoms with Gasteiger partial charge in [0.15, 0.2) is 0 Å². The van der Waals surface area contributed by atoms with Crippen molar-refractivity contribution in [1.82, 2.24) is 20.0 Å². The fourth-order valence-electron chi connectivity index (χ4n) is 6.18. The van der Waals surface area contributed by atoms with E-state index >= 15 is 0 Å². The lowest BCUT2D eigenvalue weighted by Gasteiger charge is -2.41. The largest absolute Gasteiger partial charge is 0.374 e. The first-order valence-electron chi connectivity index (χ1n) is 14.3. The molecule has 2 amide bonds. The van der Waals surface area contributed by atoms with Gasteiger partial charge in [0.25, 0.3) is 0 Å². The van der Waals surface area contributed by atoms with Crippen LogP contribution in [-0.2, 0) is 36.4 Å². The quantitative estimate of drug-likeness (QED) is 0.475. The topological polar surface area (TPSA) is 102 Å². The molecule has 3 aliphatic rings. The van der Waals surface area contributed by atoms with E-state index in [4.69, 9.17) is 4.74 Å². The molecule has 2 aromatic rings. The van der Waals surface area contributed by atoms with Gasteiger partial charge in [-0.05, 0) is 37.1 Å². The number of carbonyl (C=O) groups is 2. The normalized spacial score (nSPS) is 20.1. The van der Waals surface area contributed by atoms with Gasteiger partial charge in [0.2, 0.25) is 21.8 Å². The minimum absolute atomic E-state index is 0.0779. The number of sulfonamides is 1. The molecule has 41 heavy (non-hydrogen) atoms. The van der Waals surface area contributed by atoms with E-state index in [1.165, 1.54) is 10.6 Å². The lowest BCUT2D eigenvalue weighted by atomic mass is 9.74. The van der Waals surface area contributed by atoms with Crippen LogP contribution in [0.25, 0.3) is 0 Å². The number of rotatable bonds is 9. The second-order valence-electron chi connectivity index (χ2n) is 11.6. The van der Waals surface area contributed by atoms with E-state index in [1.54, 1.807) is 4.90 Å². The number of amides is 2. The number of likely N-dealkylation sites (N-methyl/N-ethyl adjacent to an activating group) is 1. The standard InChI is InChI=1S/C30H41N5O5S/c1-32-16-18-33(19-17-32)20-28(36)31-26(22-40-21-24-8-4-3-5-9-24)29(37)34-14-12-30(13-15-34)23-35(41(2,38)39)27-11-7-6-10-25(27)30/h3-11,26H,12-23H2,1-2H3,(H,31,36)/t26-/m1/s1. The second kappa shape index (κ2) is 12.5. The summed E-state index contributed by atoms with van der Waals surface area (Å²) in [5, 5.41) is 2.96. The van der Waals surface area contributed by atoms with Crippen LogP contribution in [0, 0.1) is 0 Å². The number of nitrogens with zero attached hydrogens (tertiary/aromatic N) is 4. The van der Waals surface area contributed by atoms with Crippen LogP contribution in [0.4, 0.5) is 5.69 Å². The summed E-state index contributed by atoms with van der Waals surface area (Å²) in [6.45, 7) is 5.46. The molecule has 3 heterocycles. The number of anilines is 1. The number of para-hydroxylation sites is 1. The number of fused-ring (bicyclic) bond motifs is 2. The Labute approximate surface area is 243 Å². The van der Waals surface area contributed by atoms with Gasteiger partial charge in [-0.15, -0.1) is 0 Å². The zero-order chi connectivity index (χ0) is 29.0. The van der Waals surface area contributed by atoms with E-state index in [0.717, 1.165) is 43.0 Å². The lowest BCUT2D eigenvalue weighted by molar-refractivity contribution is -0.140. The Balaban J connectivity index is 1.24. The molecule has 2 fully saturated rings. The summed E-state index contributed by atoms with van der Waals surface area (Å²) in [6, 6.07) is 16.6. The zero-order valence-corrected chi connectivity index (χ0v) is 24.8. The molecule has 10 nitrogen and oxygen atoms in total. The van der Waals surface area contributed by atoms with Gasteiger partial charge in [0, 0.05) is 51.2 Å². The Morgan fingerprint density at radius 1 is 0.951 bits per heavy atom. The summed E-state index contributed by atoms with van der Waals surface area (Å²) < 4.78 is 32.5. The number of nitrogens with one attached hydrogen (secondary N) is 1. The second-order valence-corrected chi connectivity index (χ2v) is 13.5. The van der Waals surface area contributed by atoms with Gasteiger partial charge in [-0.2, -0.15) is 0 Å². The minimum Gasteiger partial charge on any atom is -0.374 e. The van der Waals surface area contributed by atoms with Crippen molar-refractivity contribution in [3.63, 3.8) is 0 Å². The molecule has 0 aliphatic carbocycles. The average molecular weight is 584 g/mol. The number of piperidine rings is 1. The van der Waals surface area contributed by atoms with Gasteiger partial charge in [0.1, 0.15) is 6.04 Å². The number of likely N-dealkylation sites (tertiary alicyclic amines) is 1. The van der Waals surface area contributed by atoms with Crippen molar-refractivity contribution in [3.05, 3.63) is 65.7 Å². The summed E-state index contributed by atoms with van der Waals surface area (Å²) >= 11 is 0. The lowest BCUT2D eigenvalue weighted by Crippen LogP contribution is -2.56. The van der Waals surface area contributed by atoms with Gasteiger partial charge in [-0.1, -0.05) is 48.5 Å². The van der Waals surface area contributed by atoms with E-state index < -0.39 is 16.1 Å². The summed E-state index contributed by atoms with van der Waals surface area (Å²) in [5.41, 5.74) is 2.43. The average Bonchev–Trinajstić information content (AvgIpc) is 3.29. The fraction of sp³-hybridized carbons (Fsp3) is 0.533. The van der Waals surface area contributed by atoms with Crippen molar-refractivity contribution < 1.29 is 22.7 Å². The fourth-order valence-corrected chi connectivity index (χ4v) is 7.17. The highest BCUT2D eigenvalue weighted by Gasteiger charge is 2.47. The first-order chi connectivity index (χ1) is 19.6. The molecule has 0 bridgehead atoms. The minimum atomic E-state index is -3.41. The molecular weight excluding hydrogens is 542 g/mol. The number of benzene rings is 2. The van der Waals surface area contributed by atoms with Crippen LogP contribution < -0.4 is 9.62 Å². The van der Waals surface area contributed by atoms with Gasteiger partial charge >= 0.3 is 0 Å². The van der Waals surface area contributed by atoms with Gasteiger partial charge in [-0.3, -0.25) is 18.8 Å². The molecule has 5 rings (SSSR count). The molecule has 3 aliphatic heterocycles. The van der Waals surface area contributed by atoms with Crippen LogP contribution in [0.15, 0.2) is 54.6 Å². The Bertz CT molecular complexity index is 1320. The highest BCUT2D eigenvalue weighted by atomic mass is 32.2. The Morgan fingerprint density at radius 2 is 1.61 bits per heavy atom. The third kappa shape index (κ3) is 6.91. The van der Waals surface area contributed by atoms with Gasteiger partial charge in [-0.25, -0.2) is 8.42 Å².